The number of carbonyl (C=O) groups is 2. The van der Waals surface area contributed by atoms with E-state index >= 15 is 0 Å². The van der Waals surface area contributed by atoms with Crippen molar-refractivity contribution in [1.82, 2.24) is 24.6 Å². The van der Waals surface area contributed by atoms with E-state index in [0.29, 0.717) is 35.0 Å². The molecular formula is C33H28ClN5O2S. The molecule has 3 aromatic carbocycles. The van der Waals surface area contributed by atoms with Gasteiger partial charge in [0.05, 0.1) is 16.7 Å². The van der Waals surface area contributed by atoms with Crippen molar-refractivity contribution in [3.05, 3.63) is 100 Å². The van der Waals surface area contributed by atoms with Crippen LogP contribution in [0, 0.1) is 0 Å². The molecule has 1 aliphatic heterocycles. The highest BCUT2D eigenvalue weighted by atomic mass is 35.5. The van der Waals surface area contributed by atoms with Crippen LogP contribution in [0.4, 0.5) is 0 Å². The molecule has 210 valence electrons. The van der Waals surface area contributed by atoms with Gasteiger partial charge in [-0.3, -0.25) is 19.6 Å². The highest BCUT2D eigenvalue weighted by molar-refractivity contribution is 7.17. The number of carbonyl (C=O) groups excluding carboxylic acids is 2. The minimum atomic E-state index is -0.420. The summed E-state index contributed by atoms with van der Waals surface area (Å²) < 4.78 is 5.24. The molecule has 0 aliphatic carbocycles. The highest BCUT2D eigenvalue weighted by Gasteiger charge is 2.36. The SMILES string of the molecule is CN(C)CCCn1nc(C2=C(c3cn(Cc4csc5cc(Cl)ccc45)c4ccccc34)C(=O)NC2=O)c2ccccc21. The number of nitrogens with one attached hydrogen (secondary N) is 1. The van der Waals surface area contributed by atoms with Crippen molar-refractivity contribution in [2.75, 3.05) is 20.6 Å². The first kappa shape index (κ1) is 26.6. The van der Waals surface area contributed by atoms with E-state index in [1.54, 1.807) is 11.3 Å². The normalized spacial score (nSPS) is 13.9. The Hall–Kier alpha value is -4.24. The average molecular weight is 594 g/mol. The summed E-state index contributed by atoms with van der Waals surface area (Å²) in [5.74, 6) is -0.823. The van der Waals surface area contributed by atoms with Gasteiger partial charge in [0.25, 0.3) is 11.8 Å². The lowest BCUT2D eigenvalue weighted by atomic mass is 9.97. The monoisotopic (exact) mass is 593 g/mol. The van der Waals surface area contributed by atoms with Crippen molar-refractivity contribution in [2.45, 2.75) is 19.5 Å². The quantitative estimate of drug-likeness (QED) is 0.207. The molecule has 0 spiro atoms. The minimum Gasteiger partial charge on any atom is -0.342 e. The molecule has 0 bridgehead atoms. The Bertz CT molecular complexity index is 2070. The summed E-state index contributed by atoms with van der Waals surface area (Å²) in [6.45, 7) is 2.24. The Balaban J connectivity index is 1.38. The fourth-order valence-electron chi connectivity index (χ4n) is 5.90. The number of amides is 2. The second-order valence-electron chi connectivity index (χ2n) is 10.9. The molecular weight excluding hydrogens is 566 g/mol. The fourth-order valence-corrected chi connectivity index (χ4v) is 7.13. The number of aryl methyl sites for hydroxylation is 1. The van der Waals surface area contributed by atoms with Crippen LogP contribution in [0.3, 0.4) is 0 Å². The molecule has 4 heterocycles. The molecule has 0 radical (unpaired) electrons. The number of benzene rings is 3. The first-order valence-electron chi connectivity index (χ1n) is 13.8. The molecule has 7 nitrogen and oxygen atoms in total. The van der Waals surface area contributed by atoms with Crippen molar-refractivity contribution < 1.29 is 9.59 Å². The Morgan fingerprint density at radius 1 is 0.905 bits per heavy atom. The first-order valence-corrected chi connectivity index (χ1v) is 15.1. The zero-order chi connectivity index (χ0) is 29.0. The molecule has 6 aromatic rings. The number of imide groups is 1. The van der Waals surface area contributed by atoms with Gasteiger partial charge >= 0.3 is 0 Å². The lowest BCUT2D eigenvalue weighted by Crippen LogP contribution is -2.22. The summed E-state index contributed by atoms with van der Waals surface area (Å²) in [5, 5.41) is 13.3. The van der Waals surface area contributed by atoms with E-state index in [0.717, 1.165) is 50.4 Å². The van der Waals surface area contributed by atoms with Crippen molar-refractivity contribution in [3.63, 3.8) is 0 Å². The molecule has 9 heteroatoms. The number of aromatic nitrogens is 3. The number of rotatable bonds is 8. The van der Waals surface area contributed by atoms with Crippen LogP contribution in [0.5, 0.6) is 0 Å². The number of hydrogen-bond donors (Lipinski definition) is 1. The molecule has 7 rings (SSSR count). The third kappa shape index (κ3) is 4.52. The second kappa shape index (κ2) is 10.5. The highest BCUT2D eigenvalue weighted by Crippen LogP contribution is 2.39. The smallest absolute Gasteiger partial charge is 0.261 e. The van der Waals surface area contributed by atoms with Crippen LogP contribution in [0.1, 0.15) is 23.2 Å². The maximum atomic E-state index is 13.5. The molecule has 3 aromatic heterocycles. The van der Waals surface area contributed by atoms with Gasteiger partial charge < -0.3 is 9.47 Å². The van der Waals surface area contributed by atoms with Crippen LogP contribution >= 0.6 is 22.9 Å². The van der Waals surface area contributed by atoms with E-state index in [1.165, 1.54) is 5.56 Å². The average Bonchev–Trinajstić information content (AvgIpc) is 3.71. The minimum absolute atomic E-state index is 0.320. The Morgan fingerprint density at radius 3 is 2.45 bits per heavy atom. The van der Waals surface area contributed by atoms with Crippen LogP contribution in [0.15, 0.2) is 78.3 Å². The van der Waals surface area contributed by atoms with Gasteiger partial charge in [-0.15, -0.1) is 11.3 Å². The number of thiophene rings is 1. The maximum absolute atomic E-state index is 13.5. The molecule has 42 heavy (non-hydrogen) atoms. The van der Waals surface area contributed by atoms with Crippen molar-refractivity contribution in [3.8, 4) is 0 Å². The van der Waals surface area contributed by atoms with Crippen molar-refractivity contribution in [2.24, 2.45) is 0 Å². The molecule has 0 fully saturated rings. The number of fused-ring (bicyclic) bond motifs is 3. The largest absolute Gasteiger partial charge is 0.342 e. The van der Waals surface area contributed by atoms with Gasteiger partial charge in [-0.05, 0) is 67.7 Å². The van der Waals surface area contributed by atoms with Crippen LogP contribution < -0.4 is 5.32 Å². The van der Waals surface area contributed by atoms with Gasteiger partial charge in [-0.25, -0.2) is 0 Å². The molecule has 1 N–H and O–H groups in total. The predicted octanol–water partition coefficient (Wildman–Crippen LogP) is 6.43. The van der Waals surface area contributed by atoms with Crippen LogP contribution in [0.25, 0.3) is 43.0 Å². The Kier molecular flexibility index (Phi) is 6.69. The maximum Gasteiger partial charge on any atom is 0.261 e. The number of nitrogens with zero attached hydrogens (tertiary/aromatic N) is 4. The number of para-hydroxylation sites is 2. The summed E-state index contributed by atoms with van der Waals surface area (Å²) in [4.78, 5) is 29.1. The van der Waals surface area contributed by atoms with E-state index in [2.05, 4.69) is 26.2 Å². The van der Waals surface area contributed by atoms with Crippen LogP contribution in [-0.2, 0) is 22.7 Å². The summed E-state index contributed by atoms with van der Waals surface area (Å²) in [7, 11) is 4.09. The molecule has 1 aliphatic rings. The second-order valence-corrected chi connectivity index (χ2v) is 12.2. The Morgan fingerprint density at radius 2 is 1.64 bits per heavy atom. The van der Waals surface area contributed by atoms with Gasteiger partial charge in [0.15, 0.2) is 0 Å². The zero-order valence-electron chi connectivity index (χ0n) is 23.2. The van der Waals surface area contributed by atoms with Gasteiger partial charge in [-0.2, -0.15) is 5.10 Å². The van der Waals surface area contributed by atoms with Crippen molar-refractivity contribution in [1.29, 1.82) is 0 Å². The summed E-state index contributed by atoms with van der Waals surface area (Å²) in [6.07, 6.45) is 2.90. The molecule has 0 saturated heterocycles. The molecule has 0 unspecified atom stereocenters. The summed E-state index contributed by atoms with van der Waals surface area (Å²) in [5.41, 5.74) is 5.03. The number of halogens is 1. The lowest BCUT2D eigenvalue weighted by molar-refractivity contribution is -0.122. The van der Waals surface area contributed by atoms with E-state index < -0.39 is 11.8 Å². The van der Waals surface area contributed by atoms with E-state index in [-0.39, 0.29) is 0 Å². The topological polar surface area (TPSA) is 72.2 Å². The predicted molar refractivity (Wildman–Crippen MR) is 171 cm³/mol. The van der Waals surface area contributed by atoms with Gasteiger partial charge in [-0.1, -0.05) is 54.1 Å². The zero-order valence-corrected chi connectivity index (χ0v) is 24.8. The molecule has 0 saturated carbocycles. The van der Waals surface area contributed by atoms with Crippen molar-refractivity contribution >= 4 is 77.8 Å². The van der Waals surface area contributed by atoms with Gasteiger partial charge in [0, 0.05) is 50.9 Å². The summed E-state index contributed by atoms with van der Waals surface area (Å²) >= 11 is 7.89. The first-order chi connectivity index (χ1) is 20.4. The van der Waals surface area contributed by atoms with Gasteiger partial charge in [0.1, 0.15) is 5.69 Å². The molecule has 0 atom stereocenters. The molecule has 2 amide bonds. The van der Waals surface area contributed by atoms with Crippen LogP contribution in [-0.4, -0.2) is 51.7 Å². The third-order valence-corrected chi connectivity index (χ3v) is 9.05. The third-order valence-electron chi connectivity index (χ3n) is 7.82. The van der Waals surface area contributed by atoms with E-state index in [1.807, 2.05) is 85.6 Å². The van der Waals surface area contributed by atoms with Crippen LogP contribution in [0.2, 0.25) is 5.02 Å². The van der Waals surface area contributed by atoms with Gasteiger partial charge in [0.2, 0.25) is 0 Å². The van der Waals surface area contributed by atoms with E-state index in [9.17, 15) is 9.59 Å². The Labute approximate surface area is 251 Å². The number of hydrogen-bond acceptors (Lipinski definition) is 5. The summed E-state index contributed by atoms with van der Waals surface area (Å²) in [6, 6.07) is 21.9. The standard InChI is InChI=1S/C33H28ClN5O2S/c1-37(2)14-7-15-39-27-11-6-4-9-24(27)31(36-39)30-29(32(40)35-33(30)41)25-18-38(26-10-5-3-8-23(25)26)17-20-19-42-28-16-21(34)12-13-22(20)28/h3-6,8-13,16,18-19H,7,14-15,17H2,1-2H3,(H,35,40,41). The lowest BCUT2D eigenvalue weighted by Gasteiger charge is -2.09. The fraction of sp³-hybridized carbons (Fsp3) is 0.182. The van der Waals surface area contributed by atoms with E-state index in [4.69, 9.17) is 16.7 Å².